The molecule has 0 radical (unpaired) electrons. The van der Waals surface area contributed by atoms with E-state index >= 15 is 0 Å². The fourth-order valence-electron chi connectivity index (χ4n) is 5.60. The van der Waals surface area contributed by atoms with Gasteiger partial charge in [0.2, 0.25) is 0 Å². The summed E-state index contributed by atoms with van der Waals surface area (Å²) in [4.78, 5) is 0. The van der Waals surface area contributed by atoms with Gasteiger partial charge in [0.25, 0.3) is 0 Å². The molecule has 0 saturated heterocycles. The first-order valence-corrected chi connectivity index (χ1v) is 10.7. The summed E-state index contributed by atoms with van der Waals surface area (Å²) in [7, 11) is 1.63. The molecule has 0 unspecified atom stereocenters. The smallest absolute Gasteiger partial charge is 0.120 e. The Morgan fingerprint density at radius 1 is 0.719 bits per heavy atom. The lowest BCUT2D eigenvalue weighted by atomic mass is 9.53. The lowest BCUT2D eigenvalue weighted by Gasteiger charge is -2.50. The van der Waals surface area contributed by atoms with Gasteiger partial charge in [0.1, 0.15) is 29.6 Å². The molecule has 0 spiro atoms. The van der Waals surface area contributed by atoms with Crippen LogP contribution in [0.2, 0.25) is 0 Å². The zero-order valence-corrected chi connectivity index (χ0v) is 17.6. The Morgan fingerprint density at radius 2 is 1.28 bits per heavy atom. The summed E-state index contributed by atoms with van der Waals surface area (Å²) in [5, 5.41) is 22.0. The van der Waals surface area contributed by atoms with Crippen LogP contribution in [0, 0.1) is 0 Å². The van der Waals surface area contributed by atoms with E-state index in [2.05, 4.69) is 24.3 Å². The maximum atomic E-state index is 11.1. The van der Waals surface area contributed by atoms with Crippen LogP contribution in [0.3, 0.4) is 0 Å². The van der Waals surface area contributed by atoms with E-state index in [9.17, 15) is 10.2 Å². The van der Waals surface area contributed by atoms with Crippen LogP contribution in [-0.2, 0) is 5.41 Å². The minimum absolute atomic E-state index is 0.132. The first kappa shape index (κ1) is 18.8. The van der Waals surface area contributed by atoms with Gasteiger partial charge in [-0.15, -0.1) is 0 Å². The molecule has 2 N–H and O–H groups in total. The molecule has 4 nitrogen and oxygen atoms in total. The highest BCUT2D eigenvalue weighted by atomic mass is 16.5. The van der Waals surface area contributed by atoms with Crippen LogP contribution in [-0.4, -0.2) is 23.9 Å². The summed E-state index contributed by atoms with van der Waals surface area (Å²) in [5.74, 6) is 1.71. The maximum absolute atomic E-state index is 11.1. The monoisotopic (exact) mass is 422 g/mol. The van der Waals surface area contributed by atoms with Crippen molar-refractivity contribution in [2.45, 2.75) is 11.3 Å². The highest BCUT2D eigenvalue weighted by Gasteiger charge is 2.54. The number of methoxy groups -OCH3 is 1. The SMILES string of the molecule is COc1ccc(OCC23c4ccccc4C(c4ccccc42)c2c(O)ccc(O)c23)cc1. The van der Waals surface area contributed by atoms with E-state index in [-0.39, 0.29) is 24.0 Å². The topological polar surface area (TPSA) is 58.9 Å². The lowest BCUT2D eigenvalue weighted by Crippen LogP contribution is -2.46. The third-order valence-electron chi connectivity index (χ3n) is 6.89. The number of phenols is 2. The quantitative estimate of drug-likeness (QED) is 0.437. The van der Waals surface area contributed by atoms with E-state index in [0.29, 0.717) is 5.75 Å². The van der Waals surface area contributed by atoms with Gasteiger partial charge in [-0.05, 0) is 58.7 Å². The van der Waals surface area contributed by atoms with E-state index < -0.39 is 5.41 Å². The molecule has 4 aromatic rings. The highest BCUT2D eigenvalue weighted by molar-refractivity contribution is 5.76. The molecule has 0 aromatic heterocycles. The Morgan fingerprint density at radius 3 is 1.91 bits per heavy atom. The summed E-state index contributed by atoms with van der Waals surface area (Å²) in [6.07, 6.45) is 0. The molecule has 0 atom stereocenters. The van der Waals surface area contributed by atoms with Crippen molar-refractivity contribution in [3.8, 4) is 23.0 Å². The van der Waals surface area contributed by atoms with Gasteiger partial charge in [-0.25, -0.2) is 0 Å². The first-order valence-electron chi connectivity index (χ1n) is 10.7. The van der Waals surface area contributed by atoms with Crippen molar-refractivity contribution in [2.75, 3.05) is 13.7 Å². The molecule has 0 heterocycles. The molecule has 4 heteroatoms. The van der Waals surface area contributed by atoms with Crippen LogP contribution >= 0.6 is 0 Å². The van der Waals surface area contributed by atoms with Gasteiger partial charge in [0, 0.05) is 17.0 Å². The predicted molar refractivity (Wildman–Crippen MR) is 122 cm³/mol. The molecule has 0 saturated carbocycles. The predicted octanol–water partition coefficient (Wildman–Crippen LogP) is 5.33. The van der Waals surface area contributed by atoms with Crippen LogP contribution in [0.4, 0.5) is 0 Å². The molecule has 3 aliphatic carbocycles. The molecule has 0 aliphatic heterocycles. The van der Waals surface area contributed by atoms with Crippen molar-refractivity contribution < 1.29 is 19.7 Å². The van der Waals surface area contributed by atoms with Crippen LogP contribution < -0.4 is 9.47 Å². The third kappa shape index (κ3) is 2.38. The molecule has 0 fully saturated rings. The Hall–Kier alpha value is -3.92. The number of phenolic OH excluding ortho intramolecular Hbond substituents is 2. The second kappa shape index (κ2) is 6.79. The van der Waals surface area contributed by atoms with Gasteiger partial charge in [-0.3, -0.25) is 0 Å². The number of aromatic hydroxyl groups is 2. The van der Waals surface area contributed by atoms with Gasteiger partial charge < -0.3 is 19.7 Å². The van der Waals surface area contributed by atoms with Crippen molar-refractivity contribution in [3.05, 3.63) is 118 Å². The Kier molecular flexibility index (Phi) is 3.99. The minimum atomic E-state index is -0.750. The molecule has 7 rings (SSSR count). The average Bonchev–Trinajstić information content (AvgIpc) is 2.85. The number of hydrogen-bond acceptors (Lipinski definition) is 4. The number of ether oxygens (including phenoxy) is 2. The summed E-state index contributed by atoms with van der Waals surface area (Å²) in [5.41, 5.74) is 5.22. The number of hydrogen-bond donors (Lipinski definition) is 2. The second-order valence-corrected chi connectivity index (χ2v) is 8.37. The summed E-state index contributed by atoms with van der Waals surface area (Å²) in [6.45, 7) is 0.282. The second-order valence-electron chi connectivity index (χ2n) is 8.37. The Balaban J connectivity index is 1.61. The number of rotatable bonds is 4. The van der Waals surface area contributed by atoms with Crippen LogP contribution in [0.1, 0.15) is 39.3 Å². The van der Waals surface area contributed by atoms with Gasteiger partial charge in [-0.2, -0.15) is 0 Å². The van der Waals surface area contributed by atoms with E-state index in [0.717, 1.165) is 39.1 Å². The van der Waals surface area contributed by atoms with Crippen LogP contribution in [0.5, 0.6) is 23.0 Å². The minimum Gasteiger partial charge on any atom is -0.508 e. The molecule has 2 bridgehead atoms. The van der Waals surface area contributed by atoms with E-state index in [1.807, 2.05) is 48.5 Å². The third-order valence-corrected chi connectivity index (χ3v) is 6.89. The van der Waals surface area contributed by atoms with E-state index in [4.69, 9.17) is 9.47 Å². The van der Waals surface area contributed by atoms with Crippen molar-refractivity contribution >= 4 is 0 Å². The number of benzene rings is 4. The molecule has 158 valence electrons. The van der Waals surface area contributed by atoms with Crippen molar-refractivity contribution in [1.82, 2.24) is 0 Å². The fourth-order valence-corrected chi connectivity index (χ4v) is 5.60. The maximum Gasteiger partial charge on any atom is 0.120 e. The summed E-state index contributed by atoms with van der Waals surface area (Å²) < 4.78 is 11.6. The van der Waals surface area contributed by atoms with Gasteiger partial charge in [-0.1, -0.05) is 48.5 Å². The normalized spacial score (nSPS) is 19.6. The van der Waals surface area contributed by atoms with Crippen molar-refractivity contribution in [2.24, 2.45) is 0 Å². The van der Waals surface area contributed by atoms with Gasteiger partial charge in [0.15, 0.2) is 0 Å². The largest absolute Gasteiger partial charge is 0.508 e. The van der Waals surface area contributed by atoms with Crippen molar-refractivity contribution in [3.63, 3.8) is 0 Å². The molecule has 3 aliphatic rings. The standard InChI is InChI=1S/C28H22O4/c1-31-17-10-12-18(13-11-17)32-16-28-21-8-4-2-6-19(21)25(20-7-3-5-9-22(20)28)26-23(29)14-15-24(30)27(26)28/h2-15,25,29-30H,16H2,1H3. The highest BCUT2D eigenvalue weighted by Crippen LogP contribution is 2.62. The van der Waals surface area contributed by atoms with E-state index in [1.165, 1.54) is 0 Å². The summed E-state index contributed by atoms with van der Waals surface area (Å²) in [6, 6.07) is 27.2. The summed E-state index contributed by atoms with van der Waals surface area (Å²) >= 11 is 0. The van der Waals surface area contributed by atoms with Crippen LogP contribution in [0.25, 0.3) is 0 Å². The Labute approximate surface area is 186 Å². The van der Waals surface area contributed by atoms with Gasteiger partial charge >= 0.3 is 0 Å². The van der Waals surface area contributed by atoms with Crippen LogP contribution in [0.15, 0.2) is 84.9 Å². The molecular formula is C28H22O4. The average molecular weight is 422 g/mol. The molecule has 4 aromatic carbocycles. The van der Waals surface area contributed by atoms with Gasteiger partial charge in [0.05, 0.1) is 12.5 Å². The Bertz CT molecular complexity index is 1290. The zero-order chi connectivity index (χ0) is 21.9. The van der Waals surface area contributed by atoms with E-state index in [1.54, 1.807) is 19.2 Å². The molecule has 32 heavy (non-hydrogen) atoms. The van der Waals surface area contributed by atoms with Crippen molar-refractivity contribution in [1.29, 1.82) is 0 Å². The first-order chi connectivity index (χ1) is 15.6. The fraction of sp³-hybridized carbons (Fsp3) is 0.143. The molecule has 0 amide bonds. The molecular weight excluding hydrogens is 400 g/mol. The lowest BCUT2D eigenvalue weighted by molar-refractivity contribution is 0.251. The zero-order valence-electron chi connectivity index (χ0n) is 17.6.